The standard InChI is InChI=1S/C14H20ClN3S/c1-2-7-16-14(19)18-10-8-17(9-11-18)13-6-4-3-5-12(13)15/h3-6H,2,7-11H2,1H3,(H,16,19). The summed E-state index contributed by atoms with van der Waals surface area (Å²) in [6.07, 6.45) is 1.10. The van der Waals surface area contributed by atoms with Crippen molar-refractivity contribution in [1.82, 2.24) is 10.2 Å². The van der Waals surface area contributed by atoms with Gasteiger partial charge in [-0.05, 0) is 30.8 Å². The summed E-state index contributed by atoms with van der Waals surface area (Å²) in [4.78, 5) is 4.56. The summed E-state index contributed by atoms with van der Waals surface area (Å²) in [6.45, 7) is 6.89. The van der Waals surface area contributed by atoms with Gasteiger partial charge in [-0.25, -0.2) is 0 Å². The highest BCUT2D eigenvalue weighted by atomic mass is 35.5. The van der Waals surface area contributed by atoms with Gasteiger partial charge < -0.3 is 15.1 Å². The van der Waals surface area contributed by atoms with E-state index in [0.717, 1.165) is 55.0 Å². The van der Waals surface area contributed by atoms with Crippen LogP contribution in [0.3, 0.4) is 0 Å². The Morgan fingerprint density at radius 1 is 1.26 bits per heavy atom. The van der Waals surface area contributed by atoms with Gasteiger partial charge in [0.05, 0.1) is 10.7 Å². The topological polar surface area (TPSA) is 18.5 Å². The number of nitrogens with one attached hydrogen (secondary N) is 1. The van der Waals surface area contributed by atoms with Gasteiger partial charge in [0, 0.05) is 32.7 Å². The van der Waals surface area contributed by atoms with Crippen molar-refractivity contribution in [2.75, 3.05) is 37.6 Å². The molecule has 0 unspecified atom stereocenters. The number of thiocarbonyl (C=S) groups is 1. The molecule has 1 fully saturated rings. The third-order valence-electron chi connectivity index (χ3n) is 3.29. The Balaban J connectivity index is 1.89. The molecular formula is C14H20ClN3S. The zero-order valence-corrected chi connectivity index (χ0v) is 12.8. The van der Waals surface area contributed by atoms with E-state index >= 15 is 0 Å². The first-order valence-corrected chi connectivity index (χ1v) is 7.53. The highest BCUT2D eigenvalue weighted by Gasteiger charge is 2.19. The Labute approximate surface area is 125 Å². The second kappa shape index (κ2) is 6.96. The van der Waals surface area contributed by atoms with Crippen molar-refractivity contribution in [3.8, 4) is 0 Å². The molecule has 1 aromatic rings. The van der Waals surface area contributed by atoms with Crippen LogP contribution in [-0.4, -0.2) is 42.7 Å². The zero-order valence-electron chi connectivity index (χ0n) is 11.2. The molecule has 1 aromatic carbocycles. The van der Waals surface area contributed by atoms with Crippen LogP contribution in [0.2, 0.25) is 5.02 Å². The molecule has 1 heterocycles. The lowest BCUT2D eigenvalue weighted by Gasteiger charge is -2.37. The van der Waals surface area contributed by atoms with Crippen LogP contribution < -0.4 is 10.2 Å². The van der Waals surface area contributed by atoms with Gasteiger partial charge >= 0.3 is 0 Å². The van der Waals surface area contributed by atoms with Crippen LogP contribution in [-0.2, 0) is 0 Å². The third kappa shape index (κ3) is 3.74. The van der Waals surface area contributed by atoms with Crippen molar-refractivity contribution in [2.45, 2.75) is 13.3 Å². The number of piperazine rings is 1. The molecule has 0 amide bonds. The van der Waals surface area contributed by atoms with Crippen LogP contribution in [0.1, 0.15) is 13.3 Å². The molecule has 0 bridgehead atoms. The number of halogens is 1. The van der Waals surface area contributed by atoms with Gasteiger partial charge in [-0.15, -0.1) is 0 Å². The van der Waals surface area contributed by atoms with Crippen LogP contribution in [0.15, 0.2) is 24.3 Å². The molecule has 0 atom stereocenters. The number of hydrogen-bond acceptors (Lipinski definition) is 2. The summed E-state index contributed by atoms with van der Waals surface area (Å²) in [5, 5.41) is 4.98. The average Bonchev–Trinajstić information content (AvgIpc) is 2.45. The number of nitrogens with zero attached hydrogens (tertiary/aromatic N) is 2. The van der Waals surface area contributed by atoms with Gasteiger partial charge in [0.15, 0.2) is 5.11 Å². The summed E-state index contributed by atoms with van der Waals surface area (Å²) in [6, 6.07) is 8.01. The van der Waals surface area contributed by atoms with E-state index in [2.05, 4.69) is 28.1 Å². The molecule has 2 rings (SSSR count). The fraction of sp³-hybridized carbons (Fsp3) is 0.500. The van der Waals surface area contributed by atoms with E-state index in [-0.39, 0.29) is 0 Å². The quantitative estimate of drug-likeness (QED) is 0.865. The fourth-order valence-corrected chi connectivity index (χ4v) is 2.74. The van der Waals surface area contributed by atoms with Crippen molar-refractivity contribution >= 4 is 34.6 Å². The number of hydrogen-bond donors (Lipinski definition) is 1. The second-order valence-electron chi connectivity index (χ2n) is 4.66. The predicted octanol–water partition coefficient (Wildman–Crippen LogP) is 2.75. The SMILES string of the molecule is CCCNC(=S)N1CCN(c2ccccc2Cl)CC1. The van der Waals surface area contributed by atoms with Gasteiger partial charge in [0.1, 0.15) is 0 Å². The molecule has 0 aliphatic carbocycles. The maximum absolute atomic E-state index is 6.23. The van der Waals surface area contributed by atoms with Gasteiger partial charge in [0.25, 0.3) is 0 Å². The van der Waals surface area contributed by atoms with Gasteiger partial charge in [-0.1, -0.05) is 30.7 Å². The van der Waals surface area contributed by atoms with Crippen LogP contribution >= 0.6 is 23.8 Å². The minimum Gasteiger partial charge on any atom is -0.367 e. The van der Waals surface area contributed by atoms with Crippen molar-refractivity contribution in [3.05, 3.63) is 29.3 Å². The molecular weight excluding hydrogens is 278 g/mol. The Kier molecular flexibility index (Phi) is 5.28. The normalized spacial score (nSPS) is 15.5. The second-order valence-corrected chi connectivity index (χ2v) is 5.45. The van der Waals surface area contributed by atoms with E-state index in [1.54, 1.807) is 0 Å². The summed E-state index contributed by atoms with van der Waals surface area (Å²) in [5.74, 6) is 0. The highest BCUT2D eigenvalue weighted by molar-refractivity contribution is 7.80. The van der Waals surface area contributed by atoms with Crippen molar-refractivity contribution in [3.63, 3.8) is 0 Å². The minimum atomic E-state index is 0.822. The lowest BCUT2D eigenvalue weighted by atomic mass is 10.2. The van der Waals surface area contributed by atoms with Crippen LogP contribution in [0.25, 0.3) is 0 Å². The van der Waals surface area contributed by atoms with Crippen molar-refractivity contribution < 1.29 is 0 Å². The maximum Gasteiger partial charge on any atom is 0.169 e. The Morgan fingerprint density at radius 3 is 2.58 bits per heavy atom. The molecule has 0 saturated carbocycles. The summed E-state index contributed by atoms with van der Waals surface area (Å²) < 4.78 is 0. The minimum absolute atomic E-state index is 0.822. The smallest absolute Gasteiger partial charge is 0.169 e. The largest absolute Gasteiger partial charge is 0.367 e. The maximum atomic E-state index is 6.23. The van der Waals surface area contributed by atoms with E-state index in [1.165, 1.54) is 0 Å². The average molecular weight is 298 g/mol. The summed E-state index contributed by atoms with van der Waals surface area (Å²) in [7, 11) is 0. The fourth-order valence-electron chi connectivity index (χ4n) is 2.20. The predicted molar refractivity (Wildman–Crippen MR) is 86.1 cm³/mol. The van der Waals surface area contributed by atoms with Gasteiger partial charge in [-0.3, -0.25) is 0 Å². The summed E-state index contributed by atoms with van der Waals surface area (Å²) >= 11 is 11.6. The Bertz CT molecular complexity index is 430. The van der Waals surface area contributed by atoms with Crippen LogP contribution in [0, 0.1) is 0 Å². The first-order valence-electron chi connectivity index (χ1n) is 6.74. The molecule has 5 heteroatoms. The van der Waals surface area contributed by atoms with Crippen molar-refractivity contribution in [2.24, 2.45) is 0 Å². The molecule has 0 radical (unpaired) electrons. The molecule has 19 heavy (non-hydrogen) atoms. The molecule has 1 saturated heterocycles. The molecule has 1 N–H and O–H groups in total. The molecule has 1 aliphatic rings. The Morgan fingerprint density at radius 2 is 1.95 bits per heavy atom. The van der Waals surface area contributed by atoms with E-state index < -0.39 is 0 Å². The van der Waals surface area contributed by atoms with E-state index in [1.807, 2.05) is 18.2 Å². The monoisotopic (exact) mass is 297 g/mol. The zero-order chi connectivity index (χ0) is 13.7. The third-order valence-corrected chi connectivity index (χ3v) is 4.01. The van der Waals surface area contributed by atoms with E-state index in [0.29, 0.717) is 0 Å². The highest BCUT2D eigenvalue weighted by Crippen LogP contribution is 2.25. The van der Waals surface area contributed by atoms with E-state index in [4.69, 9.17) is 23.8 Å². The molecule has 0 spiro atoms. The van der Waals surface area contributed by atoms with Crippen LogP contribution in [0.5, 0.6) is 0 Å². The molecule has 0 aromatic heterocycles. The Hall–Kier alpha value is -1.00. The van der Waals surface area contributed by atoms with Gasteiger partial charge in [0.2, 0.25) is 0 Å². The van der Waals surface area contributed by atoms with Crippen LogP contribution in [0.4, 0.5) is 5.69 Å². The number of para-hydroxylation sites is 1. The number of rotatable bonds is 3. The van der Waals surface area contributed by atoms with E-state index in [9.17, 15) is 0 Å². The number of benzene rings is 1. The lowest BCUT2D eigenvalue weighted by molar-refractivity contribution is 0.380. The molecule has 3 nitrogen and oxygen atoms in total. The molecule has 104 valence electrons. The molecule has 1 aliphatic heterocycles. The van der Waals surface area contributed by atoms with Gasteiger partial charge in [-0.2, -0.15) is 0 Å². The first kappa shape index (κ1) is 14.4. The lowest BCUT2D eigenvalue weighted by Crippen LogP contribution is -2.51. The first-order chi connectivity index (χ1) is 9.22. The summed E-state index contributed by atoms with van der Waals surface area (Å²) in [5.41, 5.74) is 1.12. The number of anilines is 1. The van der Waals surface area contributed by atoms with Crippen molar-refractivity contribution in [1.29, 1.82) is 0 Å².